The van der Waals surface area contributed by atoms with Crippen LogP contribution in [0.2, 0.25) is 5.02 Å². The lowest BCUT2D eigenvalue weighted by molar-refractivity contribution is -0.384. The molecule has 8 nitrogen and oxygen atoms in total. The summed E-state index contributed by atoms with van der Waals surface area (Å²) in [5.74, 6) is 1.05. The second-order valence-electron chi connectivity index (χ2n) is 10.9. The van der Waals surface area contributed by atoms with E-state index in [1.165, 1.54) is 29.0 Å². The molecule has 11 heteroatoms. The average molecular weight is 762 g/mol. The maximum atomic E-state index is 14.2. The number of nitro groups is 1. The Morgan fingerprint density at radius 3 is 2.61 bits per heavy atom. The number of methoxy groups -OCH3 is 1. The molecule has 1 aliphatic heterocycles. The number of aryl methyl sites for hydroxylation is 1. The molecule has 0 unspecified atom stereocenters. The zero-order valence-electron chi connectivity index (χ0n) is 24.4. The Balaban J connectivity index is 1.29. The summed E-state index contributed by atoms with van der Waals surface area (Å²) in [7, 11) is 1.56. The molecule has 46 heavy (non-hydrogen) atoms. The molecule has 0 saturated carbocycles. The molecule has 230 valence electrons. The van der Waals surface area contributed by atoms with Crippen molar-refractivity contribution >= 4 is 63.0 Å². The number of halogens is 2. The molecule has 2 heterocycles. The number of allylic oxidation sites excluding steroid dienone is 1. The Bertz CT molecular complexity index is 2240. The van der Waals surface area contributed by atoms with E-state index in [0.29, 0.717) is 25.9 Å². The first-order valence-corrected chi connectivity index (χ1v) is 16.7. The number of rotatable bonds is 7. The summed E-state index contributed by atoms with van der Waals surface area (Å²) in [6, 6.07) is 25.7. The van der Waals surface area contributed by atoms with Crippen molar-refractivity contribution in [3.63, 3.8) is 0 Å². The van der Waals surface area contributed by atoms with Crippen molar-refractivity contribution < 1.29 is 14.4 Å². The molecule has 0 amide bonds. The minimum absolute atomic E-state index is 0.0220. The summed E-state index contributed by atoms with van der Waals surface area (Å²) in [5.41, 5.74) is 6.69. The molecular weight excluding hydrogens is 737 g/mol. The fourth-order valence-corrected chi connectivity index (χ4v) is 8.00. The van der Waals surface area contributed by atoms with Crippen LogP contribution in [0.15, 0.2) is 100 Å². The number of benzene rings is 4. The Morgan fingerprint density at radius 2 is 1.85 bits per heavy atom. The maximum Gasteiger partial charge on any atom is 0.271 e. The number of thiazole rings is 1. The van der Waals surface area contributed by atoms with Crippen LogP contribution < -0.4 is 24.4 Å². The van der Waals surface area contributed by atoms with Crippen molar-refractivity contribution in [2.45, 2.75) is 25.5 Å². The summed E-state index contributed by atoms with van der Waals surface area (Å²) < 4.78 is 14.9. The maximum absolute atomic E-state index is 14.2. The Morgan fingerprint density at radius 1 is 1.09 bits per heavy atom. The molecule has 1 atom stereocenters. The van der Waals surface area contributed by atoms with Gasteiger partial charge in [0.25, 0.3) is 11.2 Å². The molecule has 7 rings (SSSR count). The van der Waals surface area contributed by atoms with Gasteiger partial charge in [-0.2, -0.15) is 0 Å². The fraction of sp³-hybridized carbons (Fsp3) is 0.143. The van der Waals surface area contributed by atoms with Crippen LogP contribution >= 0.6 is 45.5 Å². The molecule has 1 aromatic heterocycles. The lowest BCUT2D eigenvalue weighted by atomic mass is 9.83. The number of non-ortho nitro benzene ring substituents is 1. The summed E-state index contributed by atoms with van der Waals surface area (Å²) in [4.78, 5) is 30.4. The van der Waals surface area contributed by atoms with Crippen molar-refractivity contribution in [1.82, 2.24) is 4.57 Å². The van der Waals surface area contributed by atoms with E-state index in [2.05, 4.69) is 40.8 Å². The van der Waals surface area contributed by atoms with Crippen molar-refractivity contribution in [2.75, 3.05) is 7.11 Å². The standard InChI is InChI=1S/C35H25ClIN3O5S/c1-44-29-17-21(16-28(37)33(29)45-19-20-10-13-23(14-11-20)40(42)43)18-30-34(41)39-32(25-8-4-5-9-27(25)36)26-15-12-22-6-2-3-7-24(22)31(26)38-35(39)46-30/h2-11,13-14,16-18,32H,12,15,19H2,1H3/b30-18+/t32-/m1/s1. The molecule has 0 N–H and O–H groups in total. The van der Waals surface area contributed by atoms with Gasteiger partial charge >= 0.3 is 0 Å². The zero-order chi connectivity index (χ0) is 31.9. The predicted molar refractivity (Wildman–Crippen MR) is 187 cm³/mol. The predicted octanol–water partition coefficient (Wildman–Crippen LogP) is 7.07. The second-order valence-corrected chi connectivity index (χ2v) is 13.5. The van der Waals surface area contributed by atoms with Gasteiger partial charge in [-0.1, -0.05) is 65.4 Å². The molecule has 5 aromatic rings. The van der Waals surface area contributed by atoms with E-state index in [4.69, 9.17) is 26.1 Å². The second kappa shape index (κ2) is 12.5. The summed E-state index contributed by atoms with van der Waals surface area (Å²) >= 11 is 10.3. The van der Waals surface area contributed by atoms with E-state index >= 15 is 0 Å². The van der Waals surface area contributed by atoms with E-state index in [1.54, 1.807) is 23.8 Å². The normalized spacial score (nSPS) is 15.5. The van der Waals surface area contributed by atoms with E-state index in [1.807, 2.05) is 48.5 Å². The van der Waals surface area contributed by atoms with E-state index in [-0.39, 0.29) is 23.9 Å². The van der Waals surface area contributed by atoms with Gasteiger partial charge in [-0.25, -0.2) is 4.99 Å². The lowest BCUT2D eigenvalue weighted by Crippen LogP contribution is -2.38. The van der Waals surface area contributed by atoms with Gasteiger partial charge in [-0.3, -0.25) is 19.5 Å². The van der Waals surface area contributed by atoms with Gasteiger partial charge in [0.15, 0.2) is 16.3 Å². The highest BCUT2D eigenvalue weighted by Crippen LogP contribution is 2.42. The van der Waals surface area contributed by atoms with Crippen LogP contribution in [0.4, 0.5) is 5.69 Å². The number of hydrogen-bond donors (Lipinski definition) is 0. The smallest absolute Gasteiger partial charge is 0.271 e. The highest BCUT2D eigenvalue weighted by Gasteiger charge is 2.33. The quantitative estimate of drug-likeness (QED) is 0.101. The third kappa shape index (κ3) is 5.54. The molecule has 2 aliphatic rings. The summed E-state index contributed by atoms with van der Waals surface area (Å²) in [5, 5.41) is 11.6. The van der Waals surface area contributed by atoms with Crippen molar-refractivity contribution in [3.8, 4) is 11.5 Å². The molecule has 0 fully saturated rings. The number of ether oxygens (including phenoxy) is 2. The minimum atomic E-state index is -0.434. The average Bonchev–Trinajstić information content (AvgIpc) is 3.37. The first-order valence-electron chi connectivity index (χ1n) is 14.4. The number of fused-ring (bicyclic) bond motifs is 3. The highest BCUT2D eigenvalue weighted by atomic mass is 127. The molecular formula is C35H25ClIN3O5S. The molecule has 0 radical (unpaired) electrons. The zero-order valence-corrected chi connectivity index (χ0v) is 28.1. The monoisotopic (exact) mass is 761 g/mol. The molecule has 1 aliphatic carbocycles. The first kappa shape index (κ1) is 30.4. The van der Waals surface area contributed by atoms with Gasteiger partial charge in [0.2, 0.25) is 0 Å². The van der Waals surface area contributed by atoms with Gasteiger partial charge in [0.05, 0.1) is 31.9 Å². The first-order chi connectivity index (χ1) is 22.3. The van der Waals surface area contributed by atoms with Crippen LogP contribution in [-0.4, -0.2) is 16.6 Å². The van der Waals surface area contributed by atoms with Crippen molar-refractivity contribution in [3.05, 3.63) is 157 Å². The molecule has 0 spiro atoms. The third-order valence-electron chi connectivity index (χ3n) is 8.15. The molecule has 4 aromatic carbocycles. The molecule has 0 saturated heterocycles. The topological polar surface area (TPSA) is 96.0 Å². The lowest BCUT2D eigenvalue weighted by Gasteiger charge is -2.31. The van der Waals surface area contributed by atoms with Gasteiger partial charge in [-0.15, -0.1) is 0 Å². The highest BCUT2D eigenvalue weighted by molar-refractivity contribution is 14.1. The van der Waals surface area contributed by atoms with Crippen LogP contribution in [0.25, 0.3) is 11.8 Å². The number of hydrogen-bond acceptors (Lipinski definition) is 7. The van der Waals surface area contributed by atoms with Crippen LogP contribution in [0, 0.1) is 13.7 Å². The summed E-state index contributed by atoms with van der Waals surface area (Å²) in [6.07, 6.45) is 3.51. The van der Waals surface area contributed by atoms with Crippen LogP contribution in [-0.2, 0) is 13.0 Å². The van der Waals surface area contributed by atoms with Gasteiger partial charge in [-0.05, 0) is 99.7 Å². The van der Waals surface area contributed by atoms with E-state index < -0.39 is 4.92 Å². The van der Waals surface area contributed by atoms with E-state index in [0.717, 1.165) is 49.9 Å². The molecule has 0 bridgehead atoms. The largest absolute Gasteiger partial charge is 0.493 e. The minimum Gasteiger partial charge on any atom is -0.493 e. The summed E-state index contributed by atoms with van der Waals surface area (Å²) in [6.45, 7) is 0.206. The SMILES string of the molecule is COc1cc(/C=c2/sc3n(c2=O)[C@H](c2ccccc2Cl)C2=C(N=3)c3ccccc3CC2)cc(I)c1OCc1ccc([N+](=O)[O-])cc1. The van der Waals surface area contributed by atoms with Gasteiger partial charge in [0, 0.05) is 22.7 Å². The Hall–Kier alpha value is -4.26. The van der Waals surface area contributed by atoms with Crippen LogP contribution in [0.3, 0.4) is 0 Å². The van der Waals surface area contributed by atoms with Gasteiger partial charge in [0.1, 0.15) is 6.61 Å². The van der Waals surface area contributed by atoms with Crippen LogP contribution in [0.1, 0.15) is 40.3 Å². The van der Waals surface area contributed by atoms with Crippen LogP contribution in [0.5, 0.6) is 11.5 Å². The van der Waals surface area contributed by atoms with Gasteiger partial charge < -0.3 is 9.47 Å². The van der Waals surface area contributed by atoms with E-state index in [9.17, 15) is 14.9 Å². The number of nitrogens with zero attached hydrogens (tertiary/aromatic N) is 3. The third-order valence-corrected chi connectivity index (χ3v) is 10.3. The van der Waals surface area contributed by atoms with Crippen molar-refractivity contribution in [1.29, 1.82) is 0 Å². The Kier molecular flexibility index (Phi) is 8.26. The number of nitro benzene ring substituents is 1. The van der Waals surface area contributed by atoms with Crippen molar-refractivity contribution in [2.24, 2.45) is 4.99 Å². The Labute approximate surface area is 286 Å². The number of aromatic nitrogens is 1. The fourth-order valence-electron chi connectivity index (χ4n) is 5.98.